The minimum absolute atomic E-state index is 0.0922. The summed E-state index contributed by atoms with van der Waals surface area (Å²) < 4.78 is 0. The first-order valence-electron chi connectivity index (χ1n) is 9.93. The van der Waals surface area contributed by atoms with Crippen LogP contribution in [0, 0.1) is 6.92 Å². The average molecular weight is 385 g/mol. The molecular formula is C23H23N5O. The van der Waals surface area contributed by atoms with Crippen LogP contribution in [0.1, 0.15) is 12.0 Å². The lowest BCUT2D eigenvalue weighted by molar-refractivity contribution is 0.250. The Morgan fingerprint density at radius 3 is 2.83 bits per heavy atom. The fourth-order valence-corrected chi connectivity index (χ4v) is 4.23. The summed E-state index contributed by atoms with van der Waals surface area (Å²) in [6.07, 6.45) is 2.65. The molecule has 6 heteroatoms. The highest BCUT2D eigenvalue weighted by Gasteiger charge is 2.41. The van der Waals surface area contributed by atoms with E-state index in [1.54, 1.807) is 18.1 Å². The Kier molecular flexibility index (Phi) is 4.19. The van der Waals surface area contributed by atoms with E-state index in [-0.39, 0.29) is 12.1 Å². The standard InChI is InChI=1S/C23H23N5O/c1-16-6-5-7-17(14-16)19-9-10-20-22(25-19)28(18-11-13-27(20)15-18)23(29)26(2)21-8-3-4-12-24-21/h3-10,12,14,18H,11,13,15H2,1-2H3/t18-/m0/s1. The summed E-state index contributed by atoms with van der Waals surface area (Å²) in [5, 5.41) is 0. The van der Waals surface area contributed by atoms with Crippen molar-refractivity contribution in [2.45, 2.75) is 19.4 Å². The van der Waals surface area contributed by atoms with Gasteiger partial charge in [0, 0.05) is 31.9 Å². The molecule has 6 nitrogen and oxygen atoms in total. The first kappa shape index (κ1) is 17.7. The molecule has 0 N–H and O–H groups in total. The van der Waals surface area contributed by atoms with Gasteiger partial charge in [-0.2, -0.15) is 0 Å². The van der Waals surface area contributed by atoms with Crippen LogP contribution >= 0.6 is 0 Å². The number of aromatic nitrogens is 2. The van der Waals surface area contributed by atoms with Crippen LogP contribution in [0.3, 0.4) is 0 Å². The third kappa shape index (κ3) is 3.01. The number of nitrogens with zero attached hydrogens (tertiary/aromatic N) is 5. The zero-order chi connectivity index (χ0) is 20.0. The molecule has 4 heterocycles. The summed E-state index contributed by atoms with van der Waals surface area (Å²) in [7, 11) is 1.77. The van der Waals surface area contributed by atoms with Crippen molar-refractivity contribution in [3.8, 4) is 11.3 Å². The van der Waals surface area contributed by atoms with Crippen molar-refractivity contribution >= 4 is 23.4 Å². The molecule has 2 aliphatic rings. The van der Waals surface area contributed by atoms with E-state index in [1.165, 1.54) is 5.56 Å². The monoisotopic (exact) mass is 385 g/mol. The first-order chi connectivity index (χ1) is 14.1. The zero-order valence-corrected chi connectivity index (χ0v) is 16.6. The number of pyridine rings is 2. The SMILES string of the molecule is Cc1cccc(-c2ccc3c(n2)N(C(=O)N(C)c2ccccn2)[C@H]2CCN3C2)c1. The average Bonchev–Trinajstić information content (AvgIpc) is 3.18. The topological polar surface area (TPSA) is 52.6 Å². The van der Waals surface area contributed by atoms with E-state index in [2.05, 4.69) is 47.1 Å². The summed E-state index contributed by atoms with van der Waals surface area (Å²) >= 11 is 0. The number of urea groups is 1. The molecule has 3 aromatic rings. The van der Waals surface area contributed by atoms with Gasteiger partial charge in [0.25, 0.3) is 0 Å². The molecule has 1 saturated heterocycles. The van der Waals surface area contributed by atoms with Crippen LogP contribution in [0.4, 0.5) is 22.1 Å². The molecule has 0 unspecified atom stereocenters. The molecule has 29 heavy (non-hydrogen) atoms. The van der Waals surface area contributed by atoms with Crippen LogP contribution < -0.4 is 14.7 Å². The van der Waals surface area contributed by atoms with Crippen LogP contribution in [0.15, 0.2) is 60.8 Å². The molecule has 0 saturated carbocycles. The van der Waals surface area contributed by atoms with Gasteiger partial charge >= 0.3 is 6.03 Å². The van der Waals surface area contributed by atoms with Crippen molar-refractivity contribution in [3.63, 3.8) is 0 Å². The number of hydrogen-bond acceptors (Lipinski definition) is 4. The molecular weight excluding hydrogens is 362 g/mol. The Morgan fingerprint density at radius 1 is 1.14 bits per heavy atom. The Morgan fingerprint density at radius 2 is 2.03 bits per heavy atom. The minimum Gasteiger partial charge on any atom is -0.366 e. The van der Waals surface area contributed by atoms with Crippen molar-refractivity contribution in [2.24, 2.45) is 0 Å². The Hall–Kier alpha value is -3.41. The van der Waals surface area contributed by atoms with Crippen LogP contribution in [0.2, 0.25) is 0 Å². The first-order valence-corrected chi connectivity index (χ1v) is 9.93. The van der Waals surface area contributed by atoms with Gasteiger partial charge in [-0.05, 0) is 43.7 Å². The minimum atomic E-state index is -0.0922. The lowest BCUT2D eigenvalue weighted by atomic mass is 10.1. The molecule has 0 aliphatic carbocycles. The van der Waals surface area contributed by atoms with Crippen molar-refractivity contribution in [1.29, 1.82) is 0 Å². The van der Waals surface area contributed by atoms with Gasteiger partial charge in [-0.25, -0.2) is 14.8 Å². The van der Waals surface area contributed by atoms with E-state index in [4.69, 9.17) is 4.98 Å². The quantitative estimate of drug-likeness (QED) is 0.666. The maximum atomic E-state index is 13.5. The van der Waals surface area contributed by atoms with Gasteiger partial charge in [0.15, 0.2) is 5.82 Å². The predicted octanol–water partition coefficient (Wildman–Crippen LogP) is 4.11. The molecule has 1 atom stereocenters. The smallest absolute Gasteiger partial charge is 0.331 e. The molecule has 2 bridgehead atoms. The molecule has 146 valence electrons. The molecule has 2 amide bonds. The van der Waals surface area contributed by atoms with Crippen molar-refractivity contribution in [3.05, 3.63) is 66.4 Å². The number of carbonyl (C=O) groups is 1. The van der Waals surface area contributed by atoms with Gasteiger partial charge in [-0.3, -0.25) is 9.80 Å². The highest BCUT2D eigenvalue weighted by atomic mass is 16.2. The second-order valence-electron chi connectivity index (χ2n) is 7.70. The number of rotatable bonds is 2. The number of carbonyl (C=O) groups excluding carboxylic acids is 1. The van der Waals surface area contributed by atoms with Gasteiger partial charge < -0.3 is 4.90 Å². The van der Waals surface area contributed by atoms with Gasteiger partial charge in [0.2, 0.25) is 0 Å². The van der Waals surface area contributed by atoms with Gasteiger partial charge in [0.1, 0.15) is 5.82 Å². The number of hydrogen-bond donors (Lipinski definition) is 0. The lowest BCUT2D eigenvalue weighted by Gasteiger charge is -2.37. The van der Waals surface area contributed by atoms with E-state index in [9.17, 15) is 4.79 Å². The molecule has 1 aromatic carbocycles. The fourth-order valence-electron chi connectivity index (χ4n) is 4.23. The second-order valence-corrected chi connectivity index (χ2v) is 7.70. The lowest BCUT2D eigenvalue weighted by Crippen LogP contribution is -2.51. The molecule has 1 fully saturated rings. The van der Waals surface area contributed by atoms with Gasteiger partial charge in [0.05, 0.1) is 17.4 Å². The third-order valence-corrected chi connectivity index (χ3v) is 5.75. The van der Waals surface area contributed by atoms with E-state index < -0.39 is 0 Å². The second kappa shape index (κ2) is 6.88. The van der Waals surface area contributed by atoms with E-state index in [0.717, 1.165) is 42.3 Å². The third-order valence-electron chi connectivity index (χ3n) is 5.75. The van der Waals surface area contributed by atoms with Crippen LogP contribution in [-0.4, -0.2) is 42.2 Å². The molecule has 2 aromatic heterocycles. The largest absolute Gasteiger partial charge is 0.366 e. The highest BCUT2D eigenvalue weighted by Crippen LogP contribution is 2.40. The maximum absolute atomic E-state index is 13.5. The maximum Gasteiger partial charge on any atom is 0.331 e. The number of fused-ring (bicyclic) bond motifs is 4. The summed E-state index contributed by atoms with van der Waals surface area (Å²) in [5.74, 6) is 1.37. The summed E-state index contributed by atoms with van der Waals surface area (Å²) in [5.41, 5.74) is 4.16. The number of aryl methyl sites for hydroxylation is 1. The van der Waals surface area contributed by atoms with Gasteiger partial charge in [-0.1, -0.05) is 29.8 Å². The Bertz CT molecular complexity index is 1070. The summed E-state index contributed by atoms with van der Waals surface area (Å²) in [6, 6.07) is 18.1. The fraction of sp³-hybridized carbons (Fsp3) is 0.261. The molecule has 2 aliphatic heterocycles. The Labute approximate surface area is 170 Å². The molecule has 5 rings (SSSR count). The van der Waals surface area contributed by atoms with Crippen LogP contribution in [0.5, 0.6) is 0 Å². The van der Waals surface area contributed by atoms with Crippen LogP contribution in [-0.2, 0) is 0 Å². The predicted molar refractivity (Wildman–Crippen MR) is 116 cm³/mol. The Balaban J connectivity index is 1.57. The number of anilines is 3. The normalized spacial score (nSPS) is 17.2. The van der Waals surface area contributed by atoms with Crippen molar-refractivity contribution in [1.82, 2.24) is 9.97 Å². The van der Waals surface area contributed by atoms with Crippen LogP contribution in [0.25, 0.3) is 11.3 Å². The van der Waals surface area contributed by atoms with Gasteiger partial charge in [-0.15, -0.1) is 0 Å². The van der Waals surface area contributed by atoms with E-state index in [0.29, 0.717) is 5.82 Å². The summed E-state index contributed by atoms with van der Waals surface area (Å²) in [4.78, 5) is 28.6. The number of amides is 2. The van der Waals surface area contributed by atoms with E-state index >= 15 is 0 Å². The zero-order valence-electron chi connectivity index (χ0n) is 16.6. The molecule has 0 spiro atoms. The van der Waals surface area contributed by atoms with Crippen molar-refractivity contribution < 1.29 is 4.79 Å². The number of benzene rings is 1. The van der Waals surface area contributed by atoms with Crippen molar-refractivity contribution in [2.75, 3.05) is 34.8 Å². The molecule has 0 radical (unpaired) electrons. The van der Waals surface area contributed by atoms with E-state index in [1.807, 2.05) is 29.2 Å². The highest BCUT2D eigenvalue weighted by molar-refractivity contribution is 6.05. The summed E-state index contributed by atoms with van der Waals surface area (Å²) in [6.45, 7) is 3.87.